The van der Waals surface area contributed by atoms with Crippen molar-refractivity contribution in [1.82, 2.24) is 5.43 Å². The van der Waals surface area contributed by atoms with Gasteiger partial charge in [-0.15, -0.1) is 0 Å². The molecule has 184 valence electrons. The fraction of sp³-hybridized carbons (Fsp3) is 0.444. The minimum Gasteiger partial charge on any atom is -0.494 e. The summed E-state index contributed by atoms with van der Waals surface area (Å²) in [6.07, 6.45) is 8.80. The monoisotopic (exact) mass is 468 g/mol. The standard InChI is InChI=1S/C27H36N2O5/c1-4-7-8-9-10-11-12-26(30)29-28-20-21-13-18-24(25(19-21)33-6-3)34-27(31)22-14-16-23(17-15-22)32-5-2/h13-20H,4-12H2,1-3H3,(H,29,30)/b28-20+. The maximum absolute atomic E-state index is 12.5. The van der Waals surface area contributed by atoms with Crippen LogP contribution in [0.3, 0.4) is 0 Å². The Bertz CT molecular complexity index is 925. The molecule has 0 aliphatic carbocycles. The van der Waals surface area contributed by atoms with Gasteiger partial charge in [0.15, 0.2) is 11.5 Å². The van der Waals surface area contributed by atoms with Crippen LogP contribution in [-0.4, -0.2) is 31.3 Å². The van der Waals surface area contributed by atoms with E-state index in [1.54, 1.807) is 48.7 Å². The van der Waals surface area contributed by atoms with Gasteiger partial charge in [-0.3, -0.25) is 4.79 Å². The Hall–Kier alpha value is -3.35. The van der Waals surface area contributed by atoms with E-state index >= 15 is 0 Å². The molecule has 0 bridgehead atoms. The van der Waals surface area contributed by atoms with Gasteiger partial charge < -0.3 is 14.2 Å². The maximum Gasteiger partial charge on any atom is 0.343 e. The topological polar surface area (TPSA) is 86.2 Å². The molecule has 2 rings (SSSR count). The lowest BCUT2D eigenvalue weighted by Gasteiger charge is -2.11. The fourth-order valence-corrected chi connectivity index (χ4v) is 3.27. The van der Waals surface area contributed by atoms with Gasteiger partial charge in [0.2, 0.25) is 5.91 Å². The van der Waals surface area contributed by atoms with Gasteiger partial charge in [0.05, 0.1) is 25.0 Å². The van der Waals surface area contributed by atoms with E-state index in [2.05, 4.69) is 17.5 Å². The molecule has 0 spiro atoms. The molecule has 0 heterocycles. The Morgan fingerprint density at radius 3 is 2.26 bits per heavy atom. The number of benzene rings is 2. The molecule has 0 saturated heterocycles. The third-order valence-electron chi connectivity index (χ3n) is 5.03. The molecule has 0 unspecified atom stereocenters. The molecule has 7 heteroatoms. The number of hydrazone groups is 1. The number of ether oxygens (including phenoxy) is 3. The highest BCUT2D eigenvalue weighted by molar-refractivity contribution is 5.91. The second-order valence-electron chi connectivity index (χ2n) is 7.80. The predicted octanol–water partition coefficient (Wildman–Crippen LogP) is 5.90. The highest BCUT2D eigenvalue weighted by Crippen LogP contribution is 2.29. The average molecular weight is 469 g/mol. The van der Waals surface area contributed by atoms with E-state index < -0.39 is 5.97 Å². The van der Waals surface area contributed by atoms with Crippen LogP contribution in [0.2, 0.25) is 0 Å². The molecule has 0 saturated carbocycles. The van der Waals surface area contributed by atoms with E-state index in [0.717, 1.165) is 12.8 Å². The van der Waals surface area contributed by atoms with Crippen LogP contribution >= 0.6 is 0 Å². The summed E-state index contributed by atoms with van der Waals surface area (Å²) in [5.74, 6) is 0.830. The predicted molar refractivity (Wildman–Crippen MR) is 134 cm³/mol. The molecular formula is C27H36N2O5. The summed E-state index contributed by atoms with van der Waals surface area (Å²) in [6.45, 7) is 6.90. The van der Waals surface area contributed by atoms with E-state index in [1.165, 1.54) is 25.7 Å². The largest absolute Gasteiger partial charge is 0.494 e. The third-order valence-corrected chi connectivity index (χ3v) is 5.03. The molecule has 0 aliphatic heterocycles. The van der Waals surface area contributed by atoms with E-state index in [0.29, 0.717) is 48.0 Å². The van der Waals surface area contributed by atoms with Gasteiger partial charge >= 0.3 is 5.97 Å². The lowest BCUT2D eigenvalue weighted by molar-refractivity contribution is -0.121. The number of hydrogen-bond acceptors (Lipinski definition) is 6. The van der Waals surface area contributed by atoms with Crippen molar-refractivity contribution in [2.75, 3.05) is 13.2 Å². The van der Waals surface area contributed by atoms with Crippen molar-refractivity contribution >= 4 is 18.1 Å². The fourth-order valence-electron chi connectivity index (χ4n) is 3.27. The number of hydrogen-bond donors (Lipinski definition) is 1. The van der Waals surface area contributed by atoms with Crippen LogP contribution in [0.5, 0.6) is 17.2 Å². The number of nitrogens with zero attached hydrogens (tertiary/aromatic N) is 1. The van der Waals surface area contributed by atoms with Crippen molar-refractivity contribution < 1.29 is 23.8 Å². The van der Waals surface area contributed by atoms with Crippen LogP contribution in [0, 0.1) is 0 Å². The molecule has 0 aromatic heterocycles. The first-order valence-electron chi connectivity index (χ1n) is 12.1. The number of nitrogens with one attached hydrogen (secondary N) is 1. The number of rotatable bonds is 15. The first kappa shape index (κ1) is 26.9. The van der Waals surface area contributed by atoms with Gasteiger partial charge in [0, 0.05) is 6.42 Å². The second kappa shape index (κ2) is 15.5. The number of carbonyl (C=O) groups is 2. The first-order valence-corrected chi connectivity index (χ1v) is 12.1. The van der Waals surface area contributed by atoms with Crippen molar-refractivity contribution in [1.29, 1.82) is 0 Å². The molecule has 0 radical (unpaired) electrons. The van der Waals surface area contributed by atoms with E-state index in [-0.39, 0.29) is 5.91 Å². The summed E-state index contributed by atoms with van der Waals surface area (Å²) < 4.78 is 16.6. The molecule has 7 nitrogen and oxygen atoms in total. The molecule has 0 fully saturated rings. The third kappa shape index (κ3) is 9.65. The Kier molecular flexibility index (Phi) is 12.2. The Morgan fingerprint density at radius 2 is 1.56 bits per heavy atom. The average Bonchev–Trinajstić information content (AvgIpc) is 2.83. The van der Waals surface area contributed by atoms with Crippen LogP contribution in [0.4, 0.5) is 0 Å². The molecule has 1 amide bonds. The number of esters is 1. The lowest BCUT2D eigenvalue weighted by atomic mass is 10.1. The molecule has 1 N–H and O–H groups in total. The van der Waals surface area contributed by atoms with Crippen molar-refractivity contribution in [3.05, 3.63) is 53.6 Å². The molecule has 34 heavy (non-hydrogen) atoms. The summed E-state index contributed by atoms with van der Waals surface area (Å²) in [4.78, 5) is 24.5. The molecule has 0 atom stereocenters. The lowest BCUT2D eigenvalue weighted by Crippen LogP contribution is -2.16. The zero-order valence-electron chi connectivity index (χ0n) is 20.5. The zero-order valence-corrected chi connectivity index (χ0v) is 20.5. The van der Waals surface area contributed by atoms with Crippen molar-refractivity contribution in [2.24, 2.45) is 5.10 Å². The normalized spacial score (nSPS) is 10.8. The molecular weight excluding hydrogens is 432 g/mol. The van der Waals surface area contributed by atoms with Gasteiger partial charge in [-0.25, -0.2) is 10.2 Å². The van der Waals surface area contributed by atoms with Crippen molar-refractivity contribution in [3.63, 3.8) is 0 Å². The maximum atomic E-state index is 12.5. The first-order chi connectivity index (χ1) is 16.6. The SMILES string of the molecule is CCCCCCCCC(=O)N/N=C/c1ccc(OC(=O)c2ccc(OCC)cc2)c(OCC)c1. The van der Waals surface area contributed by atoms with E-state index in [1.807, 2.05) is 13.8 Å². The Labute approximate surface area is 202 Å². The van der Waals surface area contributed by atoms with Crippen LogP contribution in [0.1, 0.15) is 81.6 Å². The highest BCUT2D eigenvalue weighted by atomic mass is 16.6. The van der Waals surface area contributed by atoms with Gasteiger partial charge in [0.25, 0.3) is 0 Å². The quantitative estimate of drug-likeness (QED) is 0.116. The van der Waals surface area contributed by atoms with Gasteiger partial charge in [-0.1, -0.05) is 39.0 Å². The minimum absolute atomic E-state index is 0.0994. The smallest absolute Gasteiger partial charge is 0.343 e. The number of unbranched alkanes of at least 4 members (excludes halogenated alkanes) is 5. The van der Waals surface area contributed by atoms with Crippen LogP contribution in [0.25, 0.3) is 0 Å². The number of amides is 1. The zero-order chi connectivity index (χ0) is 24.6. The summed E-state index contributed by atoms with van der Waals surface area (Å²) in [6, 6.07) is 11.9. The Balaban J connectivity index is 1.91. The highest BCUT2D eigenvalue weighted by Gasteiger charge is 2.13. The van der Waals surface area contributed by atoms with Gasteiger partial charge in [0.1, 0.15) is 5.75 Å². The van der Waals surface area contributed by atoms with Crippen LogP contribution < -0.4 is 19.6 Å². The van der Waals surface area contributed by atoms with E-state index in [9.17, 15) is 9.59 Å². The summed E-state index contributed by atoms with van der Waals surface area (Å²) >= 11 is 0. The minimum atomic E-state index is -0.493. The molecule has 0 aliphatic rings. The molecule has 2 aromatic rings. The van der Waals surface area contributed by atoms with Crippen LogP contribution in [0.15, 0.2) is 47.6 Å². The summed E-state index contributed by atoms with van der Waals surface area (Å²) in [5.41, 5.74) is 3.68. The summed E-state index contributed by atoms with van der Waals surface area (Å²) in [5, 5.41) is 4.03. The number of carbonyl (C=O) groups excluding carboxylic acids is 2. The molecule has 2 aromatic carbocycles. The van der Waals surface area contributed by atoms with Gasteiger partial charge in [-0.05, 0) is 68.3 Å². The van der Waals surface area contributed by atoms with E-state index in [4.69, 9.17) is 14.2 Å². The second-order valence-corrected chi connectivity index (χ2v) is 7.80. The van der Waals surface area contributed by atoms with Crippen molar-refractivity contribution in [3.8, 4) is 17.2 Å². The van der Waals surface area contributed by atoms with Crippen LogP contribution in [-0.2, 0) is 4.79 Å². The Morgan fingerprint density at radius 1 is 0.853 bits per heavy atom. The van der Waals surface area contributed by atoms with Crippen molar-refractivity contribution in [2.45, 2.75) is 65.7 Å². The van der Waals surface area contributed by atoms with Gasteiger partial charge in [-0.2, -0.15) is 5.10 Å². The summed E-state index contributed by atoms with van der Waals surface area (Å²) in [7, 11) is 0.